The number of pyridine rings is 1. The molecule has 9 heteroatoms. The lowest BCUT2D eigenvalue weighted by Crippen LogP contribution is -2.09. The van der Waals surface area contributed by atoms with Gasteiger partial charge in [-0.05, 0) is 34.4 Å². The molecule has 1 N–H and O–H groups in total. The van der Waals surface area contributed by atoms with Crippen LogP contribution in [0, 0.1) is 0 Å². The Balaban J connectivity index is 1.37. The quantitative estimate of drug-likeness (QED) is 0.209. The van der Waals surface area contributed by atoms with Crippen molar-refractivity contribution in [1.82, 2.24) is 40.4 Å². The molecule has 3 heterocycles. The summed E-state index contributed by atoms with van der Waals surface area (Å²) in [5.41, 5.74) is 4.61. The van der Waals surface area contributed by atoms with Gasteiger partial charge >= 0.3 is 0 Å². The predicted molar refractivity (Wildman–Crippen MR) is 140 cm³/mol. The molecule has 0 aliphatic rings. The van der Waals surface area contributed by atoms with Crippen LogP contribution in [-0.4, -0.2) is 46.2 Å². The summed E-state index contributed by atoms with van der Waals surface area (Å²) >= 11 is 0. The molecule has 0 saturated heterocycles. The van der Waals surface area contributed by atoms with Crippen LogP contribution in [0.4, 0.5) is 0 Å². The fourth-order valence-electron chi connectivity index (χ4n) is 4.24. The monoisotopic (exact) mass is 492 g/mol. The number of nitrogens with one attached hydrogen (secondary N) is 1. The van der Waals surface area contributed by atoms with Crippen molar-refractivity contribution in [2.75, 3.05) is 0 Å². The minimum atomic E-state index is -0.0670. The summed E-state index contributed by atoms with van der Waals surface area (Å²) in [6, 6.07) is 21.8. The van der Waals surface area contributed by atoms with Gasteiger partial charge in [0.05, 0.1) is 6.54 Å². The number of hydrogen-bond acceptors (Lipinski definition) is 7. The average Bonchev–Trinajstić information content (AvgIpc) is 3.61. The third-order valence-electron chi connectivity index (χ3n) is 6.17. The van der Waals surface area contributed by atoms with Crippen LogP contribution in [0.5, 0.6) is 0 Å². The van der Waals surface area contributed by atoms with Gasteiger partial charge in [0.2, 0.25) is 17.4 Å². The number of nitrogens with zero attached hydrogens (tertiary/aromatic N) is 7. The number of unbranched alkanes of at least 4 members (excludes halogenated alkanes) is 2. The van der Waals surface area contributed by atoms with Crippen molar-refractivity contribution >= 4 is 5.78 Å². The number of hydrogen-bond donors (Lipinski definition) is 1. The Morgan fingerprint density at radius 1 is 0.946 bits per heavy atom. The maximum absolute atomic E-state index is 12.9. The highest BCUT2D eigenvalue weighted by molar-refractivity contribution is 5.94. The molecule has 0 spiro atoms. The molecule has 0 amide bonds. The van der Waals surface area contributed by atoms with Crippen LogP contribution in [0.15, 0.2) is 72.9 Å². The Hall–Kier alpha value is -4.53. The van der Waals surface area contributed by atoms with E-state index in [2.05, 4.69) is 54.7 Å². The average molecular weight is 493 g/mol. The first-order chi connectivity index (χ1) is 18.2. The first kappa shape index (κ1) is 24.2. The summed E-state index contributed by atoms with van der Waals surface area (Å²) in [6.07, 6.45) is 6.05. The van der Waals surface area contributed by atoms with Gasteiger partial charge in [0, 0.05) is 24.6 Å². The summed E-state index contributed by atoms with van der Waals surface area (Å²) in [4.78, 5) is 22.0. The molecule has 0 aliphatic heterocycles. The van der Waals surface area contributed by atoms with Crippen LogP contribution in [0.25, 0.3) is 22.6 Å². The molecule has 0 atom stereocenters. The molecule has 0 aliphatic carbocycles. The second kappa shape index (κ2) is 11.5. The van der Waals surface area contributed by atoms with Gasteiger partial charge in [-0.15, -0.1) is 15.3 Å². The maximum Gasteiger partial charge on any atom is 0.223 e. The highest BCUT2D eigenvalue weighted by Gasteiger charge is 2.17. The van der Waals surface area contributed by atoms with Crippen molar-refractivity contribution in [2.45, 2.75) is 45.6 Å². The molecule has 0 bridgehead atoms. The second-order valence-corrected chi connectivity index (χ2v) is 8.88. The smallest absolute Gasteiger partial charge is 0.223 e. The molecule has 37 heavy (non-hydrogen) atoms. The van der Waals surface area contributed by atoms with E-state index in [0.29, 0.717) is 24.5 Å². The number of H-pyrrole nitrogens is 1. The van der Waals surface area contributed by atoms with Crippen molar-refractivity contribution in [3.05, 3.63) is 95.7 Å². The number of benzene rings is 2. The molecule has 3 aromatic heterocycles. The van der Waals surface area contributed by atoms with Gasteiger partial charge in [0.1, 0.15) is 11.5 Å². The molecule has 0 radical (unpaired) electrons. The first-order valence-electron chi connectivity index (χ1n) is 12.5. The standard InChI is InChI=1S/C28H28N8O/c1-2-3-5-12-25-30-27(24(37)18-20-9-6-4-7-10-20)33-36(25)19-21-13-15-22(16-14-21)23-11-8-17-29-26(23)28-31-34-35-32-28/h4,6-11,13-17H,2-3,5,12,18-19H2,1H3,(H,31,32,34,35). The Labute approximate surface area is 215 Å². The fourth-order valence-corrected chi connectivity index (χ4v) is 4.24. The zero-order valence-corrected chi connectivity index (χ0v) is 20.7. The number of aryl methyl sites for hydroxylation is 1. The lowest BCUT2D eigenvalue weighted by Gasteiger charge is -2.09. The number of aromatic nitrogens is 8. The van der Waals surface area contributed by atoms with Crippen molar-refractivity contribution in [3.8, 4) is 22.6 Å². The van der Waals surface area contributed by atoms with Crippen LogP contribution in [0.3, 0.4) is 0 Å². The van der Waals surface area contributed by atoms with E-state index in [1.807, 2.05) is 59.3 Å². The summed E-state index contributed by atoms with van der Waals surface area (Å²) < 4.78 is 1.87. The lowest BCUT2D eigenvalue weighted by atomic mass is 10.0. The Morgan fingerprint density at radius 3 is 2.54 bits per heavy atom. The van der Waals surface area contributed by atoms with Crippen LogP contribution in [0.2, 0.25) is 0 Å². The van der Waals surface area contributed by atoms with E-state index >= 15 is 0 Å². The second-order valence-electron chi connectivity index (χ2n) is 8.88. The van der Waals surface area contributed by atoms with E-state index in [0.717, 1.165) is 53.8 Å². The lowest BCUT2D eigenvalue weighted by molar-refractivity contribution is 0.0982. The molecular formula is C28H28N8O. The number of ketones is 1. The molecule has 2 aromatic carbocycles. The molecule has 9 nitrogen and oxygen atoms in total. The molecule has 5 aromatic rings. The zero-order chi connectivity index (χ0) is 25.5. The van der Waals surface area contributed by atoms with E-state index in [1.165, 1.54) is 0 Å². The van der Waals surface area contributed by atoms with E-state index in [4.69, 9.17) is 0 Å². The number of tetrazole rings is 1. The third-order valence-corrected chi connectivity index (χ3v) is 6.17. The van der Waals surface area contributed by atoms with Crippen LogP contribution in [-0.2, 0) is 19.4 Å². The van der Waals surface area contributed by atoms with Gasteiger partial charge < -0.3 is 0 Å². The van der Waals surface area contributed by atoms with E-state index in [9.17, 15) is 4.79 Å². The highest BCUT2D eigenvalue weighted by atomic mass is 16.1. The van der Waals surface area contributed by atoms with Gasteiger partial charge in [-0.2, -0.15) is 5.21 Å². The van der Waals surface area contributed by atoms with E-state index in [-0.39, 0.29) is 11.6 Å². The van der Waals surface area contributed by atoms with Gasteiger partial charge in [-0.25, -0.2) is 9.67 Å². The normalized spacial score (nSPS) is 11.1. The zero-order valence-electron chi connectivity index (χ0n) is 20.7. The SMILES string of the molecule is CCCCCc1nc(C(=O)Cc2ccccc2)nn1Cc1ccc(-c2cccnc2-c2nn[nH]n2)cc1. The van der Waals surface area contributed by atoms with Crippen molar-refractivity contribution in [3.63, 3.8) is 0 Å². The van der Waals surface area contributed by atoms with Crippen molar-refractivity contribution < 1.29 is 4.79 Å². The molecule has 0 saturated carbocycles. The predicted octanol–water partition coefficient (Wildman–Crippen LogP) is 4.73. The fraction of sp³-hybridized carbons (Fsp3) is 0.250. The van der Waals surface area contributed by atoms with Crippen LogP contribution >= 0.6 is 0 Å². The van der Waals surface area contributed by atoms with Gasteiger partial charge in [0.25, 0.3) is 0 Å². The minimum Gasteiger partial charge on any atom is -0.290 e. The summed E-state index contributed by atoms with van der Waals surface area (Å²) in [6.45, 7) is 2.71. The number of aromatic amines is 1. The minimum absolute atomic E-state index is 0.0670. The van der Waals surface area contributed by atoms with Gasteiger partial charge in [0.15, 0.2) is 0 Å². The highest BCUT2D eigenvalue weighted by Crippen LogP contribution is 2.28. The number of carbonyl (C=O) groups excluding carboxylic acids is 1. The van der Waals surface area contributed by atoms with E-state index < -0.39 is 0 Å². The number of Topliss-reactive ketones (excluding diaryl/α,β-unsaturated/α-hetero) is 1. The summed E-state index contributed by atoms with van der Waals surface area (Å²) in [5.74, 6) is 1.52. The number of rotatable bonds is 11. The molecular weight excluding hydrogens is 464 g/mol. The first-order valence-corrected chi connectivity index (χ1v) is 12.5. The Bertz CT molecular complexity index is 1440. The summed E-state index contributed by atoms with van der Waals surface area (Å²) in [7, 11) is 0. The molecule has 0 fully saturated rings. The van der Waals surface area contributed by atoms with Crippen LogP contribution < -0.4 is 0 Å². The maximum atomic E-state index is 12.9. The Morgan fingerprint density at radius 2 is 1.78 bits per heavy atom. The Kier molecular flexibility index (Phi) is 7.50. The third kappa shape index (κ3) is 5.83. The van der Waals surface area contributed by atoms with Crippen molar-refractivity contribution in [2.24, 2.45) is 0 Å². The van der Waals surface area contributed by atoms with E-state index in [1.54, 1.807) is 6.20 Å². The van der Waals surface area contributed by atoms with Crippen molar-refractivity contribution in [1.29, 1.82) is 0 Å². The van der Waals surface area contributed by atoms with Crippen LogP contribution in [0.1, 0.15) is 53.8 Å². The van der Waals surface area contributed by atoms with Gasteiger partial charge in [-0.3, -0.25) is 9.78 Å². The largest absolute Gasteiger partial charge is 0.290 e. The number of carbonyl (C=O) groups is 1. The topological polar surface area (TPSA) is 115 Å². The molecule has 186 valence electrons. The molecule has 5 rings (SSSR count). The van der Waals surface area contributed by atoms with Gasteiger partial charge in [-0.1, -0.05) is 80.4 Å². The summed E-state index contributed by atoms with van der Waals surface area (Å²) in [5, 5.41) is 18.9. The molecule has 0 unspecified atom stereocenters.